The zero-order valence-corrected chi connectivity index (χ0v) is 10.6. The molecule has 1 aliphatic heterocycles. The number of piperidine rings is 1. The maximum absolute atomic E-state index is 11.4. The molecule has 0 radical (unpaired) electrons. The van der Waals surface area contributed by atoms with Gasteiger partial charge in [-0.05, 0) is 32.4 Å². The summed E-state index contributed by atoms with van der Waals surface area (Å²) in [6.45, 7) is 2.57. The molecule has 0 N–H and O–H groups in total. The van der Waals surface area contributed by atoms with Crippen LogP contribution in [-0.4, -0.2) is 50.7 Å². The van der Waals surface area contributed by atoms with Gasteiger partial charge in [-0.15, -0.1) is 0 Å². The number of rotatable bonds is 5. The van der Waals surface area contributed by atoms with Crippen LogP contribution in [0.15, 0.2) is 0 Å². The molecule has 0 saturated carbocycles. The van der Waals surface area contributed by atoms with Crippen molar-refractivity contribution in [3.05, 3.63) is 0 Å². The molecule has 1 fully saturated rings. The Labute approximate surface area is 102 Å². The minimum Gasteiger partial charge on any atom is -0.469 e. The molecule has 98 valence electrons. The summed E-state index contributed by atoms with van der Waals surface area (Å²) in [5, 5.41) is 0. The minimum atomic E-state index is -0.175. The quantitative estimate of drug-likeness (QED) is 0.669. The summed E-state index contributed by atoms with van der Waals surface area (Å²) < 4.78 is 9.34. The lowest BCUT2D eigenvalue weighted by Crippen LogP contribution is -2.39. The predicted molar refractivity (Wildman–Crippen MR) is 62.4 cm³/mol. The summed E-state index contributed by atoms with van der Waals surface area (Å²) in [4.78, 5) is 24.6. The van der Waals surface area contributed by atoms with Gasteiger partial charge < -0.3 is 14.4 Å². The van der Waals surface area contributed by atoms with E-state index < -0.39 is 0 Å². The van der Waals surface area contributed by atoms with Gasteiger partial charge in [0.25, 0.3) is 0 Å². The highest BCUT2D eigenvalue weighted by molar-refractivity contribution is 5.72. The fraction of sp³-hybridized carbons (Fsp3) is 0.833. The van der Waals surface area contributed by atoms with E-state index in [0.29, 0.717) is 6.42 Å². The zero-order chi connectivity index (χ0) is 12.7. The van der Waals surface area contributed by atoms with Crippen molar-refractivity contribution < 1.29 is 19.1 Å². The van der Waals surface area contributed by atoms with Gasteiger partial charge in [-0.1, -0.05) is 0 Å². The van der Waals surface area contributed by atoms with E-state index in [9.17, 15) is 9.59 Å². The van der Waals surface area contributed by atoms with Crippen LogP contribution in [0.2, 0.25) is 0 Å². The van der Waals surface area contributed by atoms with E-state index in [1.165, 1.54) is 14.2 Å². The van der Waals surface area contributed by atoms with Crippen molar-refractivity contribution in [3.8, 4) is 0 Å². The van der Waals surface area contributed by atoms with Gasteiger partial charge in [-0.2, -0.15) is 0 Å². The van der Waals surface area contributed by atoms with E-state index in [1.807, 2.05) is 0 Å². The van der Waals surface area contributed by atoms with Crippen molar-refractivity contribution in [1.82, 2.24) is 4.90 Å². The van der Waals surface area contributed by atoms with Crippen LogP contribution in [0.25, 0.3) is 0 Å². The topological polar surface area (TPSA) is 55.8 Å². The summed E-state index contributed by atoms with van der Waals surface area (Å²) in [7, 11) is 2.83. The molecule has 5 nitrogen and oxygen atoms in total. The molecule has 0 aliphatic carbocycles. The number of hydrogen-bond acceptors (Lipinski definition) is 5. The first-order valence-electron chi connectivity index (χ1n) is 6.04. The van der Waals surface area contributed by atoms with E-state index in [-0.39, 0.29) is 17.9 Å². The molecular weight excluding hydrogens is 222 g/mol. The maximum atomic E-state index is 11.4. The van der Waals surface area contributed by atoms with Crippen molar-refractivity contribution in [2.24, 2.45) is 5.92 Å². The molecule has 0 unspecified atom stereocenters. The highest BCUT2D eigenvalue weighted by Crippen LogP contribution is 2.17. The second-order valence-electron chi connectivity index (χ2n) is 4.34. The summed E-state index contributed by atoms with van der Waals surface area (Å²) in [5.74, 6) is -0.305. The van der Waals surface area contributed by atoms with Crippen molar-refractivity contribution in [2.45, 2.75) is 25.7 Å². The summed E-state index contributed by atoms with van der Waals surface area (Å²) in [5.41, 5.74) is 0. The normalized spacial score (nSPS) is 20.9. The van der Waals surface area contributed by atoms with Gasteiger partial charge >= 0.3 is 11.9 Å². The highest BCUT2D eigenvalue weighted by Gasteiger charge is 2.25. The van der Waals surface area contributed by atoms with Crippen molar-refractivity contribution in [2.75, 3.05) is 33.9 Å². The molecule has 0 aromatic rings. The highest BCUT2D eigenvalue weighted by atomic mass is 16.5. The lowest BCUT2D eigenvalue weighted by atomic mass is 9.98. The lowest BCUT2D eigenvalue weighted by Gasteiger charge is -2.31. The van der Waals surface area contributed by atoms with Crippen LogP contribution < -0.4 is 0 Å². The number of esters is 2. The molecule has 0 bridgehead atoms. The smallest absolute Gasteiger partial charge is 0.309 e. The van der Waals surface area contributed by atoms with E-state index in [2.05, 4.69) is 9.64 Å². The first kappa shape index (κ1) is 14.0. The van der Waals surface area contributed by atoms with Crippen LogP contribution in [0, 0.1) is 5.92 Å². The Morgan fingerprint density at radius 1 is 1.29 bits per heavy atom. The maximum Gasteiger partial charge on any atom is 0.309 e. The fourth-order valence-corrected chi connectivity index (χ4v) is 2.17. The molecule has 1 saturated heterocycles. The molecular formula is C12H21NO4. The van der Waals surface area contributed by atoms with Gasteiger partial charge in [0, 0.05) is 13.0 Å². The van der Waals surface area contributed by atoms with E-state index in [0.717, 1.165) is 38.9 Å². The Morgan fingerprint density at radius 3 is 2.71 bits per heavy atom. The average Bonchev–Trinajstić information content (AvgIpc) is 2.38. The van der Waals surface area contributed by atoms with Crippen LogP contribution in [0.1, 0.15) is 25.7 Å². The van der Waals surface area contributed by atoms with Gasteiger partial charge in [0.2, 0.25) is 0 Å². The molecule has 0 aromatic heterocycles. The molecule has 1 atom stereocenters. The standard InChI is InChI=1S/C12H21NO4/c1-16-11(14)6-4-8-13-7-3-5-10(9-13)12(15)17-2/h10H,3-9H2,1-2H3/t10-/m0/s1. The van der Waals surface area contributed by atoms with Crippen LogP contribution in [0.5, 0.6) is 0 Å². The van der Waals surface area contributed by atoms with Crippen LogP contribution in [0.4, 0.5) is 0 Å². The van der Waals surface area contributed by atoms with Crippen molar-refractivity contribution in [1.29, 1.82) is 0 Å². The second kappa shape index (κ2) is 7.27. The fourth-order valence-electron chi connectivity index (χ4n) is 2.17. The molecule has 1 rings (SSSR count). The third-order valence-corrected chi connectivity index (χ3v) is 3.12. The minimum absolute atomic E-state index is 0.00752. The molecule has 0 spiro atoms. The Kier molecular flexibility index (Phi) is 5.97. The number of hydrogen-bond donors (Lipinski definition) is 0. The molecule has 0 amide bonds. The molecule has 1 heterocycles. The van der Waals surface area contributed by atoms with Crippen LogP contribution in [0.3, 0.4) is 0 Å². The lowest BCUT2D eigenvalue weighted by molar-refractivity contribution is -0.147. The Hall–Kier alpha value is -1.10. The first-order valence-corrected chi connectivity index (χ1v) is 6.04. The van der Waals surface area contributed by atoms with E-state index in [4.69, 9.17) is 4.74 Å². The molecule has 17 heavy (non-hydrogen) atoms. The number of carbonyl (C=O) groups excluding carboxylic acids is 2. The number of ether oxygens (including phenoxy) is 2. The summed E-state index contributed by atoms with van der Waals surface area (Å²) in [6.07, 6.45) is 3.13. The molecule has 1 aliphatic rings. The monoisotopic (exact) mass is 243 g/mol. The van der Waals surface area contributed by atoms with Gasteiger partial charge in [0.15, 0.2) is 0 Å². The second-order valence-corrected chi connectivity index (χ2v) is 4.34. The Balaban J connectivity index is 2.25. The first-order chi connectivity index (χ1) is 8.17. The van der Waals surface area contributed by atoms with Gasteiger partial charge in [-0.25, -0.2) is 0 Å². The predicted octanol–water partition coefficient (Wildman–Crippen LogP) is 0.825. The number of nitrogens with zero attached hydrogens (tertiary/aromatic N) is 1. The molecule has 5 heteroatoms. The summed E-state index contributed by atoms with van der Waals surface area (Å²) in [6, 6.07) is 0. The van der Waals surface area contributed by atoms with Gasteiger partial charge in [-0.3, -0.25) is 9.59 Å². The van der Waals surface area contributed by atoms with Gasteiger partial charge in [0.1, 0.15) is 0 Å². The SMILES string of the molecule is COC(=O)CCCN1CCC[C@H](C(=O)OC)C1. The Morgan fingerprint density at radius 2 is 2.06 bits per heavy atom. The third kappa shape index (κ3) is 4.73. The average molecular weight is 243 g/mol. The number of methoxy groups -OCH3 is 2. The van der Waals surface area contributed by atoms with Crippen LogP contribution >= 0.6 is 0 Å². The zero-order valence-electron chi connectivity index (χ0n) is 10.6. The number of carbonyl (C=O) groups is 2. The number of likely N-dealkylation sites (tertiary alicyclic amines) is 1. The van der Waals surface area contributed by atoms with E-state index in [1.54, 1.807) is 0 Å². The van der Waals surface area contributed by atoms with Crippen LogP contribution in [-0.2, 0) is 19.1 Å². The summed E-state index contributed by atoms with van der Waals surface area (Å²) >= 11 is 0. The third-order valence-electron chi connectivity index (χ3n) is 3.12. The Bertz CT molecular complexity index is 267. The molecule has 0 aromatic carbocycles. The van der Waals surface area contributed by atoms with Crippen molar-refractivity contribution in [3.63, 3.8) is 0 Å². The van der Waals surface area contributed by atoms with Gasteiger partial charge in [0.05, 0.1) is 20.1 Å². The van der Waals surface area contributed by atoms with Crippen molar-refractivity contribution >= 4 is 11.9 Å². The largest absolute Gasteiger partial charge is 0.469 e. The van der Waals surface area contributed by atoms with E-state index >= 15 is 0 Å².